The number of H-pyrrole nitrogens is 1. The molecule has 0 spiro atoms. The molecule has 0 aromatic carbocycles. The molecule has 5 atom stereocenters. The summed E-state index contributed by atoms with van der Waals surface area (Å²) < 4.78 is 37.2. The number of anilines is 1. The Morgan fingerprint density at radius 3 is 2.64 bits per heavy atom. The monoisotopic (exact) mass is 443 g/mol. The molecule has 3 heterocycles. The normalized spacial score (nSPS) is 27.9. The summed E-state index contributed by atoms with van der Waals surface area (Å²) in [6.07, 6.45) is -5.25. The third-order valence-electron chi connectivity index (χ3n) is 3.68. The van der Waals surface area contributed by atoms with Crippen LogP contribution in [0, 0.1) is 0 Å². The molecule has 2 aromatic heterocycles. The fourth-order valence-corrected chi connectivity index (χ4v) is 4.46. The summed E-state index contributed by atoms with van der Waals surface area (Å²) >= 11 is 0. The molecule has 1 saturated heterocycles. The van der Waals surface area contributed by atoms with Gasteiger partial charge in [0.1, 0.15) is 18.3 Å². The van der Waals surface area contributed by atoms with Crippen LogP contribution in [0.5, 0.6) is 0 Å². The molecule has 0 aliphatic carbocycles. The van der Waals surface area contributed by atoms with E-state index in [1.807, 2.05) is 0 Å². The van der Waals surface area contributed by atoms with Crippen molar-refractivity contribution in [1.82, 2.24) is 19.5 Å². The second kappa shape index (κ2) is 7.27. The highest BCUT2D eigenvalue weighted by molar-refractivity contribution is 7.60. The number of phosphoric ester groups is 1. The number of aliphatic hydroxyl groups excluding tert-OH is 2. The Labute approximate surface area is 154 Å². The number of phosphoric acid groups is 2. The zero-order chi connectivity index (χ0) is 20.9. The van der Waals surface area contributed by atoms with E-state index in [1.165, 1.54) is 0 Å². The fraction of sp³-hybridized carbons (Fsp3) is 0.500. The first-order chi connectivity index (χ1) is 12.9. The van der Waals surface area contributed by atoms with Crippen molar-refractivity contribution in [3.05, 3.63) is 16.7 Å². The molecule has 0 amide bonds. The predicted octanol–water partition coefficient (Wildman–Crippen LogP) is -2.45. The number of imidazole rings is 1. The topological polar surface area (TPSA) is 253 Å². The summed E-state index contributed by atoms with van der Waals surface area (Å²) in [5.74, 6) is -0.256. The van der Waals surface area contributed by atoms with E-state index in [2.05, 4.69) is 23.8 Å². The lowest BCUT2D eigenvalue weighted by Gasteiger charge is -2.22. The summed E-state index contributed by atoms with van der Waals surface area (Å²) in [7, 11) is -10.7. The molecule has 28 heavy (non-hydrogen) atoms. The number of ether oxygens (including phenoxy) is 1. The number of hydrogen-bond donors (Lipinski definition) is 7. The van der Waals surface area contributed by atoms with E-state index < -0.39 is 52.4 Å². The highest BCUT2D eigenvalue weighted by atomic mass is 31.3. The SMILES string of the molecule is Nc1nc2c(ncn2[C@@H]2O[C@H](CO)[C@@H](OP(=O)(O)OP(=O)(O)O)[C@H]2O)c(=O)[nH]1. The molecule has 18 heteroatoms. The number of aromatic amines is 1. The van der Waals surface area contributed by atoms with Crippen LogP contribution in [0.15, 0.2) is 11.1 Å². The van der Waals surface area contributed by atoms with Crippen LogP contribution in [0.1, 0.15) is 6.23 Å². The van der Waals surface area contributed by atoms with Gasteiger partial charge in [-0.25, -0.2) is 14.1 Å². The van der Waals surface area contributed by atoms with Crippen LogP contribution in [0.4, 0.5) is 5.95 Å². The number of nitrogen functional groups attached to an aromatic ring is 1. The second-order valence-electron chi connectivity index (χ2n) is 5.62. The lowest BCUT2D eigenvalue weighted by Crippen LogP contribution is -2.35. The summed E-state index contributed by atoms with van der Waals surface area (Å²) in [4.78, 5) is 48.5. The van der Waals surface area contributed by atoms with Crippen LogP contribution in [-0.4, -0.2) is 69.3 Å². The molecule has 8 N–H and O–H groups in total. The first-order valence-corrected chi connectivity index (χ1v) is 10.4. The van der Waals surface area contributed by atoms with Gasteiger partial charge in [-0.2, -0.15) is 9.29 Å². The van der Waals surface area contributed by atoms with Crippen molar-refractivity contribution in [2.45, 2.75) is 24.5 Å². The van der Waals surface area contributed by atoms with Gasteiger partial charge in [0.25, 0.3) is 5.56 Å². The smallest absolute Gasteiger partial charge is 0.394 e. The largest absolute Gasteiger partial charge is 0.481 e. The minimum absolute atomic E-state index is 0.0960. The molecule has 0 radical (unpaired) electrons. The maximum atomic E-state index is 11.8. The van der Waals surface area contributed by atoms with Gasteiger partial charge < -0.3 is 35.4 Å². The Kier molecular flexibility index (Phi) is 5.46. The van der Waals surface area contributed by atoms with Gasteiger partial charge in [-0.15, -0.1) is 0 Å². The Morgan fingerprint density at radius 1 is 1.36 bits per heavy atom. The molecule has 1 unspecified atom stereocenters. The first kappa shape index (κ1) is 21.0. The predicted molar refractivity (Wildman–Crippen MR) is 87.4 cm³/mol. The molecule has 1 fully saturated rings. The summed E-state index contributed by atoms with van der Waals surface area (Å²) in [5, 5.41) is 19.8. The number of nitrogens with zero attached hydrogens (tertiary/aromatic N) is 3. The van der Waals surface area contributed by atoms with E-state index in [-0.39, 0.29) is 17.1 Å². The van der Waals surface area contributed by atoms with Gasteiger partial charge >= 0.3 is 15.6 Å². The third kappa shape index (κ3) is 4.16. The van der Waals surface area contributed by atoms with Crippen LogP contribution in [0.2, 0.25) is 0 Å². The van der Waals surface area contributed by atoms with E-state index >= 15 is 0 Å². The highest BCUT2D eigenvalue weighted by Crippen LogP contribution is 2.59. The van der Waals surface area contributed by atoms with Gasteiger partial charge in [-0.3, -0.25) is 18.9 Å². The first-order valence-electron chi connectivity index (χ1n) is 7.36. The molecular formula is C10H15N5O11P2. The molecule has 1 aliphatic heterocycles. The second-order valence-corrected chi connectivity index (χ2v) is 8.41. The third-order valence-corrected chi connectivity index (χ3v) is 5.86. The number of nitrogens with two attached hydrogens (primary N) is 1. The summed E-state index contributed by atoms with van der Waals surface area (Å²) in [6.45, 7) is -0.809. The van der Waals surface area contributed by atoms with Crippen molar-refractivity contribution in [3.63, 3.8) is 0 Å². The van der Waals surface area contributed by atoms with Gasteiger partial charge in [0.2, 0.25) is 5.95 Å². The molecule has 0 saturated carbocycles. The van der Waals surface area contributed by atoms with Crippen LogP contribution in [-0.2, 0) is 22.7 Å². The van der Waals surface area contributed by atoms with E-state index in [4.69, 9.17) is 20.3 Å². The zero-order valence-corrected chi connectivity index (χ0v) is 15.4. The fourth-order valence-electron chi connectivity index (χ4n) is 2.66. The van der Waals surface area contributed by atoms with Crippen LogP contribution in [0.25, 0.3) is 11.2 Å². The van der Waals surface area contributed by atoms with E-state index in [0.29, 0.717) is 0 Å². The number of nitrogens with one attached hydrogen (secondary N) is 1. The molecule has 2 aromatic rings. The Bertz CT molecular complexity index is 1030. The minimum Gasteiger partial charge on any atom is -0.394 e. The van der Waals surface area contributed by atoms with Gasteiger partial charge in [0.15, 0.2) is 17.4 Å². The average Bonchev–Trinajstić information content (AvgIpc) is 3.07. The van der Waals surface area contributed by atoms with Crippen LogP contribution < -0.4 is 11.3 Å². The van der Waals surface area contributed by atoms with Crippen molar-refractivity contribution in [2.24, 2.45) is 0 Å². The lowest BCUT2D eigenvalue weighted by molar-refractivity contribution is -0.0509. The van der Waals surface area contributed by atoms with Crippen LogP contribution >= 0.6 is 15.6 Å². The van der Waals surface area contributed by atoms with Crippen molar-refractivity contribution in [2.75, 3.05) is 12.3 Å². The molecule has 156 valence electrons. The quantitative estimate of drug-likeness (QED) is 0.229. The van der Waals surface area contributed by atoms with Crippen molar-refractivity contribution in [3.8, 4) is 0 Å². The summed E-state index contributed by atoms with van der Waals surface area (Å²) in [5.41, 5.74) is 4.56. The standard InChI is InChI=1S/C10H15N5O11P2/c11-10-13-7-4(8(18)14-10)12-2-15(7)9-5(17)6(3(1-16)24-9)25-28(22,23)26-27(19,20)21/h2-3,5-6,9,16-17H,1H2,(H,22,23)(H2,19,20,21)(H3,11,13,14,18)/t3-,5-,6-,9-/m1/s1. The van der Waals surface area contributed by atoms with Gasteiger partial charge in [-0.05, 0) is 0 Å². The Balaban J connectivity index is 1.93. The maximum absolute atomic E-state index is 11.8. The number of rotatable bonds is 6. The zero-order valence-electron chi connectivity index (χ0n) is 13.6. The van der Waals surface area contributed by atoms with Crippen molar-refractivity contribution >= 4 is 32.8 Å². The average molecular weight is 443 g/mol. The van der Waals surface area contributed by atoms with E-state index in [9.17, 15) is 29.0 Å². The van der Waals surface area contributed by atoms with Gasteiger partial charge in [0.05, 0.1) is 12.9 Å². The summed E-state index contributed by atoms with van der Waals surface area (Å²) in [6, 6.07) is 0. The molecule has 0 bridgehead atoms. The van der Waals surface area contributed by atoms with E-state index in [1.54, 1.807) is 0 Å². The highest BCUT2D eigenvalue weighted by Gasteiger charge is 2.50. The molecular weight excluding hydrogens is 428 g/mol. The maximum Gasteiger partial charge on any atom is 0.481 e. The van der Waals surface area contributed by atoms with Crippen molar-refractivity contribution in [1.29, 1.82) is 0 Å². The van der Waals surface area contributed by atoms with Crippen LogP contribution in [0.3, 0.4) is 0 Å². The number of aromatic nitrogens is 4. The van der Waals surface area contributed by atoms with Crippen molar-refractivity contribution < 1.29 is 47.6 Å². The van der Waals surface area contributed by atoms with Gasteiger partial charge in [0, 0.05) is 0 Å². The Hall–Kier alpha value is -1.71. The molecule has 3 rings (SSSR count). The number of aliphatic hydroxyl groups is 2. The molecule has 16 nitrogen and oxygen atoms in total. The Morgan fingerprint density at radius 2 is 2.04 bits per heavy atom. The number of hydrogen-bond acceptors (Lipinski definition) is 11. The van der Waals surface area contributed by atoms with E-state index in [0.717, 1.165) is 10.9 Å². The number of fused-ring (bicyclic) bond motifs is 1. The molecule has 1 aliphatic rings. The minimum atomic E-state index is -5.40. The van der Waals surface area contributed by atoms with Gasteiger partial charge in [-0.1, -0.05) is 0 Å². The lowest BCUT2D eigenvalue weighted by atomic mass is 10.1.